The van der Waals surface area contributed by atoms with E-state index < -0.39 is 0 Å². The summed E-state index contributed by atoms with van der Waals surface area (Å²) in [6, 6.07) is 15.1. The van der Waals surface area contributed by atoms with E-state index in [9.17, 15) is 0 Å². The molecule has 0 radical (unpaired) electrons. The van der Waals surface area contributed by atoms with Crippen LogP contribution in [0.1, 0.15) is 149 Å². The van der Waals surface area contributed by atoms with Crippen molar-refractivity contribution in [2.45, 2.75) is 137 Å². The van der Waals surface area contributed by atoms with Crippen LogP contribution in [0.4, 0.5) is 0 Å². The summed E-state index contributed by atoms with van der Waals surface area (Å²) in [5, 5.41) is 0. The number of fused-ring (bicyclic) bond motifs is 3. The number of rotatable bonds is 3. The first-order valence-corrected chi connectivity index (χ1v) is 16.9. The van der Waals surface area contributed by atoms with Gasteiger partial charge >= 0.3 is 26.2 Å². The van der Waals surface area contributed by atoms with Crippen molar-refractivity contribution in [2.24, 2.45) is 22.7 Å². The fraction of sp³-hybridized carbons (Fsp3) is 0.610. The van der Waals surface area contributed by atoms with Crippen molar-refractivity contribution in [1.82, 2.24) is 0 Å². The van der Waals surface area contributed by atoms with Gasteiger partial charge in [-0.2, -0.15) is 0 Å². The average Bonchev–Trinajstić information content (AvgIpc) is 3.57. The summed E-state index contributed by atoms with van der Waals surface area (Å²) in [4.78, 5) is 0. The maximum Gasteiger partial charge on any atom is 2.00 e. The van der Waals surface area contributed by atoms with Crippen LogP contribution in [0, 0.1) is 22.7 Å². The molecule has 44 heavy (non-hydrogen) atoms. The second kappa shape index (κ2) is 13.1. The molecule has 0 heterocycles. The van der Waals surface area contributed by atoms with E-state index in [0.29, 0.717) is 5.92 Å². The van der Waals surface area contributed by atoms with Gasteiger partial charge in [-0.1, -0.05) is 142 Å². The van der Waals surface area contributed by atoms with Crippen molar-refractivity contribution in [3.63, 3.8) is 0 Å². The molecule has 1 saturated carbocycles. The van der Waals surface area contributed by atoms with Gasteiger partial charge in [-0.05, 0) is 99.1 Å². The summed E-state index contributed by atoms with van der Waals surface area (Å²) in [7, 11) is 0. The van der Waals surface area contributed by atoms with E-state index in [4.69, 9.17) is 0 Å². The maximum atomic E-state index is 2.73. The van der Waals surface area contributed by atoms with E-state index in [2.05, 4.69) is 112 Å². The fourth-order valence-electron chi connectivity index (χ4n) is 9.10. The van der Waals surface area contributed by atoms with E-state index in [1.54, 1.807) is 22.3 Å². The fourth-order valence-corrected chi connectivity index (χ4v) is 9.10. The molecule has 0 aromatic heterocycles. The quantitative estimate of drug-likeness (QED) is 0.363. The molecule has 0 amide bonds. The molecule has 0 saturated heterocycles. The zero-order chi connectivity index (χ0) is 29.5. The molecule has 2 aromatic rings. The molecule has 0 aliphatic heterocycles. The smallest absolute Gasteiger partial charge is 1.00 e. The van der Waals surface area contributed by atoms with Crippen LogP contribution in [0.2, 0.25) is 0 Å². The molecule has 1 fully saturated rings. The topological polar surface area (TPSA) is 0 Å². The number of hydrogen-bond donors (Lipinski definition) is 0. The normalized spacial score (nSPS) is 23.7. The van der Waals surface area contributed by atoms with Gasteiger partial charge in [0.15, 0.2) is 0 Å². The van der Waals surface area contributed by atoms with Gasteiger partial charge < -0.3 is 24.8 Å². The Morgan fingerprint density at radius 3 is 1.64 bits per heavy atom. The van der Waals surface area contributed by atoms with Crippen LogP contribution in [-0.4, -0.2) is 0 Å². The zero-order valence-electron chi connectivity index (χ0n) is 29.2. The van der Waals surface area contributed by atoms with Gasteiger partial charge in [-0.3, -0.25) is 0 Å². The van der Waals surface area contributed by atoms with Crippen LogP contribution in [0.5, 0.6) is 0 Å². The molecule has 3 heteroatoms. The molecule has 238 valence electrons. The molecule has 2 aromatic carbocycles. The third kappa shape index (κ3) is 6.31. The van der Waals surface area contributed by atoms with E-state index >= 15 is 0 Å². The van der Waals surface area contributed by atoms with E-state index in [1.807, 2.05) is 5.57 Å². The minimum atomic E-state index is 0. The van der Waals surface area contributed by atoms with E-state index in [-0.39, 0.29) is 72.7 Å². The Hall–Kier alpha value is -0.617. The van der Waals surface area contributed by atoms with Crippen LogP contribution in [0.15, 0.2) is 59.2 Å². The third-order valence-corrected chi connectivity index (χ3v) is 11.7. The number of halogens is 2. The largest absolute Gasteiger partial charge is 2.00 e. The van der Waals surface area contributed by atoms with Gasteiger partial charge in [0.1, 0.15) is 0 Å². The number of hydrogen-bond acceptors (Lipinski definition) is 0. The summed E-state index contributed by atoms with van der Waals surface area (Å²) in [6.45, 7) is 24.0. The maximum absolute atomic E-state index is 2.73. The molecule has 0 bridgehead atoms. The molecule has 0 spiro atoms. The molecular weight excluding hydrogens is 655 g/mol. The standard InChI is InChI=1S/C41H56.2ClH.Zr/c1-11-41(25-35(26-15-13-12-14-16-26)34-23-29(24-36(34)41)40(8,9)10)37-30-19-17-27(38(2,3)4)21-32(30)33-22-28(39(5,6)7)18-20-31(33)37;;;/h17-22,24,26,35,37H,11-16,23,25H2,1-10H3;2*1H;/q;;;+2/p-2. The van der Waals surface area contributed by atoms with E-state index in [1.165, 1.54) is 73.6 Å². The van der Waals surface area contributed by atoms with Gasteiger partial charge in [0, 0.05) is 11.3 Å². The van der Waals surface area contributed by atoms with Crippen LogP contribution in [0.3, 0.4) is 0 Å². The van der Waals surface area contributed by atoms with Crippen molar-refractivity contribution < 1.29 is 51.0 Å². The van der Waals surface area contributed by atoms with Gasteiger partial charge in [0.25, 0.3) is 0 Å². The summed E-state index contributed by atoms with van der Waals surface area (Å²) in [6.07, 6.45) is 13.7. The molecule has 6 rings (SSSR count). The van der Waals surface area contributed by atoms with E-state index in [0.717, 1.165) is 11.8 Å². The van der Waals surface area contributed by atoms with Crippen molar-refractivity contribution >= 4 is 0 Å². The molecule has 0 N–H and O–H groups in total. The Morgan fingerprint density at radius 2 is 1.20 bits per heavy atom. The Bertz CT molecular complexity index is 1350. The molecule has 4 aliphatic carbocycles. The number of allylic oxidation sites excluding steroid dienone is 4. The summed E-state index contributed by atoms with van der Waals surface area (Å²) in [5.41, 5.74) is 15.1. The second-order valence-electron chi connectivity index (χ2n) is 17.3. The second-order valence-corrected chi connectivity index (χ2v) is 17.3. The van der Waals surface area contributed by atoms with Crippen LogP contribution >= 0.6 is 0 Å². The Kier molecular flexibility index (Phi) is 11.3. The van der Waals surface area contributed by atoms with Gasteiger partial charge in [0.05, 0.1) is 0 Å². The van der Waals surface area contributed by atoms with Crippen LogP contribution in [-0.2, 0) is 37.0 Å². The minimum absolute atomic E-state index is 0. The summed E-state index contributed by atoms with van der Waals surface area (Å²) < 4.78 is 0. The Balaban J connectivity index is 0.00000176. The van der Waals surface area contributed by atoms with Crippen molar-refractivity contribution in [3.05, 3.63) is 81.4 Å². The van der Waals surface area contributed by atoms with Gasteiger partial charge in [0.2, 0.25) is 0 Å². The first-order valence-electron chi connectivity index (χ1n) is 16.9. The van der Waals surface area contributed by atoms with Crippen molar-refractivity contribution in [2.75, 3.05) is 0 Å². The third-order valence-electron chi connectivity index (χ3n) is 11.7. The predicted molar refractivity (Wildman–Crippen MR) is 178 cm³/mol. The van der Waals surface area contributed by atoms with Crippen molar-refractivity contribution in [1.29, 1.82) is 0 Å². The molecular formula is C41H56Cl2Zr. The van der Waals surface area contributed by atoms with Crippen LogP contribution < -0.4 is 24.8 Å². The molecule has 2 atom stereocenters. The Labute approximate surface area is 301 Å². The SMILES string of the molecule is CCC1(C2c3ccc(C(C)(C)C)cc3-c3cc(C(C)(C)C)ccc32)CC(C2CCCCC2)C2=C1C=C(C(C)(C)C)C2.[Cl-].[Cl-].[Zr+2]. The zero-order valence-corrected chi connectivity index (χ0v) is 33.2. The van der Waals surface area contributed by atoms with Gasteiger partial charge in [-0.15, -0.1) is 0 Å². The number of benzene rings is 2. The summed E-state index contributed by atoms with van der Waals surface area (Å²) in [5.74, 6) is 2.08. The van der Waals surface area contributed by atoms with Crippen molar-refractivity contribution in [3.8, 4) is 11.1 Å². The molecule has 0 nitrogen and oxygen atoms in total. The average molecular weight is 711 g/mol. The minimum Gasteiger partial charge on any atom is -1.00 e. The van der Waals surface area contributed by atoms with Crippen LogP contribution in [0.25, 0.3) is 11.1 Å². The molecule has 2 unspecified atom stereocenters. The Morgan fingerprint density at radius 1 is 0.705 bits per heavy atom. The molecule has 4 aliphatic rings. The predicted octanol–water partition coefficient (Wildman–Crippen LogP) is 6.07. The summed E-state index contributed by atoms with van der Waals surface area (Å²) >= 11 is 0. The first kappa shape index (κ1) is 37.8. The monoisotopic (exact) mass is 708 g/mol. The first-order chi connectivity index (χ1) is 19.1. The van der Waals surface area contributed by atoms with Gasteiger partial charge in [-0.25, -0.2) is 0 Å².